The van der Waals surface area contributed by atoms with Crippen LogP contribution >= 0.6 is 0 Å². The highest BCUT2D eigenvalue weighted by molar-refractivity contribution is 5.98. The van der Waals surface area contributed by atoms with Gasteiger partial charge in [0, 0.05) is 31.4 Å². The molecule has 0 radical (unpaired) electrons. The molecule has 0 spiro atoms. The summed E-state index contributed by atoms with van der Waals surface area (Å²) in [5, 5.41) is 5.67. The molecule has 1 aliphatic heterocycles. The monoisotopic (exact) mass is 262 g/mol. The summed E-state index contributed by atoms with van der Waals surface area (Å²) >= 11 is 0. The number of hydrogen-bond acceptors (Lipinski definition) is 4. The Hall–Kier alpha value is -2.11. The quantitative estimate of drug-likeness (QED) is 0.808. The summed E-state index contributed by atoms with van der Waals surface area (Å²) in [4.78, 5) is 29.9. The van der Waals surface area contributed by atoms with E-state index in [1.165, 1.54) is 0 Å². The minimum atomic E-state index is -0.437. The molecule has 1 aromatic heterocycles. The molecule has 1 aromatic rings. The molecule has 0 aliphatic carbocycles. The topological polar surface area (TPSA) is 74.3 Å². The number of hydrogen-bond donors (Lipinski definition) is 2. The third-order valence-corrected chi connectivity index (χ3v) is 3.22. The lowest BCUT2D eigenvalue weighted by molar-refractivity contribution is -0.127. The van der Waals surface area contributed by atoms with Crippen molar-refractivity contribution in [1.82, 2.24) is 15.2 Å². The predicted octanol–water partition coefficient (Wildman–Crippen LogP) is 0.392. The Kier molecular flexibility index (Phi) is 3.69. The average molecular weight is 262 g/mol. The maximum absolute atomic E-state index is 12.5. The number of carbonyl (C=O) groups excluding carboxylic acids is 2. The maximum Gasteiger partial charge on any atom is 0.254 e. The van der Waals surface area contributed by atoms with Crippen molar-refractivity contribution < 1.29 is 9.59 Å². The van der Waals surface area contributed by atoms with Gasteiger partial charge in [-0.3, -0.25) is 9.59 Å². The molecule has 1 atom stereocenters. The fourth-order valence-electron chi connectivity index (χ4n) is 2.15. The van der Waals surface area contributed by atoms with Crippen LogP contribution in [0.3, 0.4) is 0 Å². The van der Waals surface area contributed by atoms with E-state index in [0.29, 0.717) is 24.5 Å². The van der Waals surface area contributed by atoms with Gasteiger partial charge in [-0.25, -0.2) is 4.98 Å². The van der Waals surface area contributed by atoms with E-state index in [4.69, 9.17) is 0 Å². The first-order valence-electron chi connectivity index (χ1n) is 6.28. The predicted molar refractivity (Wildman–Crippen MR) is 72.0 cm³/mol. The second-order valence-corrected chi connectivity index (χ2v) is 4.60. The van der Waals surface area contributed by atoms with Crippen LogP contribution in [0.2, 0.25) is 0 Å². The smallest absolute Gasteiger partial charge is 0.254 e. The van der Waals surface area contributed by atoms with Gasteiger partial charge in [0.15, 0.2) is 0 Å². The van der Waals surface area contributed by atoms with Crippen LogP contribution < -0.4 is 10.6 Å². The lowest BCUT2D eigenvalue weighted by Crippen LogP contribution is -2.55. The van der Waals surface area contributed by atoms with Crippen LogP contribution in [0.25, 0.3) is 0 Å². The molecule has 2 rings (SSSR count). The van der Waals surface area contributed by atoms with Crippen molar-refractivity contribution >= 4 is 17.6 Å². The van der Waals surface area contributed by atoms with Crippen molar-refractivity contribution in [2.45, 2.75) is 19.9 Å². The lowest BCUT2D eigenvalue weighted by atomic mass is 10.1. The number of nitrogens with one attached hydrogen (secondary N) is 2. The zero-order valence-electron chi connectivity index (χ0n) is 11.4. The fraction of sp³-hybridized carbons (Fsp3) is 0.462. The third-order valence-electron chi connectivity index (χ3n) is 3.22. The number of rotatable bonds is 2. The van der Waals surface area contributed by atoms with Crippen molar-refractivity contribution in [2.24, 2.45) is 0 Å². The second-order valence-electron chi connectivity index (χ2n) is 4.60. The van der Waals surface area contributed by atoms with Crippen LogP contribution in [0.15, 0.2) is 12.1 Å². The van der Waals surface area contributed by atoms with Gasteiger partial charge >= 0.3 is 0 Å². The first-order valence-corrected chi connectivity index (χ1v) is 6.28. The highest BCUT2D eigenvalue weighted by Gasteiger charge is 2.30. The minimum absolute atomic E-state index is 0.112. The molecule has 6 heteroatoms. The standard InChI is InChI=1S/C13H18N4O2/c1-8-6-10(7-11(14-3)16-8)13(19)17-5-4-15-12(18)9(17)2/h6-7,9H,4-5H2,1-3H3,(H,14,16)(H,15,18). The molecule has 2 heterocycles. The SMILES string of the molecule is CNc1cc(C(=O)N2CCNC(=O)C2C)cc(C)n1. The third kappa shape index (κ3) is 2.67. The molecule has 0 bridgehead atoms. The Labute approximate surface area is 112 Å². The van der Waals surface area contributed by atoms with E-state index in [1.54, 1.807) is 31.0 Å². The van der Waals surface area contributed by atoms with E-state index in [2.05, 4.69) is 15.6 Å². The molecule has 0 aromatic carbocycles. The van der Waals surface area contributed by atoms with Gasteiger partial charge in [-0.1, -0.05) is 0 Å². The second kappa shape index (κ2) is 5.26. The molecule has 2 N–H and O–H groups in total. The van der Waals surface area contributed by atoms with Crippen LogP contribution in [0.4, 0.5) is 5.82 Å². The van der Waals surface area contributed by atoms with Crippen molar-refractivity contribution in [2.75, 3.05) is 25.5 Å². The zero-order valence-corrected chi connectivity index (χ0v) is 11.4. The fourth-order valence-corrected chi connectivity index (χ4v) is 2.15. The van der Waals surface area contributed by atoms with E-state index in [9.17, 15) is 9.59 Å². The van der Waals surface area contributed by atoms with Gasteiger partial charge in [-0.15, -0.1) is 0 Å². The minimum Gasteiger partial charge on any atom is -0.373 e. The molecule has 1 unspecified atom stereocenters. The van der Waals surface area contributed by atoms with Crippen molar-refractivity contribution in [3.05, 3.63) is 23.4 Å². The summed E-state index contributed by atoms with van der Waals surface area (Å²) in [6.45, 7) is 4.60. The van der Waals surface area contributed by atoms with Gasteiger partial charge in [0.2, 0.25) is 5.91 Å². The number of nitrogens with zero attached hydrogens (tertiary/aromatic N) is 2. The molecule has 0 saturated carbocycles. The molecule has 1 fully saturated rings. The first kappa shape index (κ1) is 13.3. The maximum atomic E-state index is 12.5. The number of amides is 2. The van der Waals surface area contributed by atoms with E-state index in [-0.39, 0.29) is 11.8 Å². The summed E-state index contributed by atoms with van der Waals surface area (Å²) in [5.41, 5.74) is 1.32. The molecule has 1 aliphatic rings. The molecule has 19 heavy (non-hydrogen) atoms. The van der Waals surface area contributed by atoms with Crippen LogP contribution in [0, 0.1) is 6.92 Å². The van der Waals surface area contributed by atoms with Crippen LogP contribution in [-0.4, -0.2) is 47.9 Å². The largest absolute Gasteiger partial charge is 0.373 e. The van der Waals surface area contributed by atoms with Gasteiger partial charge < -0.3 is 15.5 Å². The van der Waals surface area contributed by atoms with Crippen LogP contribution in [0.1, 0.15) is 23.0 Å². The number of pyridine rings is 1. The lowest BCUT2D eigenvalue weighted by Gasteiger charge is -2.32. The number of anilines is 1. The molecular formula is C13H18N4O2. The van der Waals surface area contributed by atoms with Crippen molar-refractivity contribution in [3.8, 4) is 0 Å². The Morgan fingerprint density at radius 1 is 1.53 bits per heavy atom. The van der Waals surface area contributed by atoms with Gasteiger partial charge in [0.05, 0.1) is 0 Å². The Bertz CT molecular complexity index is 515. The summed E-state index contributed by atoms with van der Waals surface area (Å²) in [7, 11) is 1.76. The summed E-state index contributed by atoms with van der Waals surface area (Å²) in [6.07, 6.45) is 0. The van der Waals surface area contributed by atoms with E-state index in [0.717, 1.165) is 5.69 Å². The molecular weight excluding hydrogens is 244 g/mol. The Balaban J connectivity index is 2.28. The van der Waals surface area contributed by atoms with Gasteiger partial charge in [-0.2, -0.15) is 0 Å². The molecule has 6 nitrogen and oxygen atoms in total. The summed E-state index contributed by atoms with van der Waals surface area (Å²) < 4.78 is 0. The number of carbonyl (C=O) groups is 2. The average Bonchev–Trinajstić information content (AvgIpc) is 2.40. The van der Waals surface area contributed by atoms with E-state index < -0.39 is 6.04 Å². The van der Waals surface area contributed by atoms with E-state index >= 15 is 0 Å². The zero-order chi connectivity index (χ0) is 14.0. The number of aryl methyl sites for hydroxylation is 1. The Morgan fingerprint density at radius 3 is 2.95 bits per heavy atom. The van der Waals surface area contributed by atoms with Gasteiger partial charge in [0.1, 0.15) is 11.9 Å². The highest BCUT2D eigenvalue weighted by Crippen LogP contribution is 2.15. The normalized spacial score (nSPS) is 19.0. The number of aromatic nitrogens is 1. The van der Waals surface area contributed by atoms with Crippen LogP contribution in [0.5, 0.6) is 0 Å². The van der Waals surface area contributed by atoms with Gasteiger partial charge in [-0.05, 0) is 26.0 Å². The van der Waals surface area contributed by atoms with Crippen molar-refractivity contribution in [3.63, 3.8) is 0 Å². The van der Waals surface area contributed by atoms with Crippen LogP contribution in [-0.2, 0) is 4.79 Å². The molecule has 2 amide bonds. The first-order chi connectivity index (χ1) is 9.02. The van der Waals surface area contributed by atoms with Gasteiger partial charge in [0.25, 0.3) is 5.91 Å². The summed E-state index contributed by atoms with van der Waals surface area (Å²) in [5.74, 6) is 0.404. The summed E-state index contributed by atoms with van der Waals surface area (Å²) in [6, 6.07) is 3.00. The number of piperazine rings is 1. The molecule has 1 saturated heterocycles. The molecule has 102 valence electrons. The van der Waals surface area contributed by atoms with Crippen molar-refractivity contribution in [1.29, 1.82) is 0 Å². The highest BCUT2D eigenvalue weighted by atomic mass is 16.2. The Morgan fingerprint density at radius 2 is 2.26 bits per heavy atom. The van der Waals surface area contributed by atoms with E-state index in [1.807, 2.05) is 6.92 Å².